The lowest BCUT2D eigenvalue weighted by Gasteiger charge is -2.32. The molecule has 1 atom stereocenters. The maximum absolute atomic E-state index is 13.5. The smallest absolute Gasteiger partial charge is 0.354 e. The van der Waals surface area contributed by atoms with Gasteiger partial charge in [0.1, 0.15) is 12.6 Å². The van der Waals surface area contributed by atoms with Crippen LogP contribution in [0.15, 0.2) is 36.4 Å². The van der Waals surface area contributed by atoms with Crippen molar-refractivity contribution >= 4 is 62.3 Å². The van der Waals surface area contributed by atoms with Gasteiger partial charge in [-0.1, -0.05) is 54.7 Å². The lowest BCUT2D eigenvalue weighted by atomic mass is 10.1. The van der Waals surface area contributed by atoms with Crippen LogP contribution in [-0.4, -0.2) is 50.5 Å². The summed E-state index contributed by atoms with van der Waals surface area (Å²) in [5.41, 5.74) is -1.26. The van der Waals surface area contributed by atoms with E-state index in [9.17, 15) is 31.2 Å². The van der Waals surface area contributed by atoms with Crippen LogP contribution in [-0.2, 0) is 32.3 Å². The van der Waals surface area contributed by atoms with Crippen LogP contribution in [0.4, 0.5) is 18.9 Å². The third kappa shape index (κ3) is 8.65. The van der Waals surface area contributed by atoms with E-state index in [1.165, 1.54) is 19.1 Å². The van der Waals surface area contributed by atoms with Crippen molar-refractivity contribution in [3.05, 3.63) is 62.6 Å². The van der Waals surface area contributed by atoms with Crippen molar-refractivity contribution in [2.45, 2.75) is 39.5 Å². The molecule has 210 valence electrons. The van der Waals surface area contributed by atoms with E-state index < -0.39 is 56.9 Å². The standard InChI is InChI=1S/C24H27Cl3F3N3O4S/c1-14(2)11-31-23(35)15(3)32(12-16-5-6-17(25)9-21(16)27)22(34)13-33(38(4,36)37)18-7-8-20(26)19(10-18)24(28,29)30/h5-10,14-15H,11-13H2,1-4H3,(H,31,35)/t15-/m0/s1. The fourth-order valence-electron chi connectivity index (χ4n) is 3.37. The molecule has 0 aliphatic rings. The van der Waals surface area contributed by atoms with Crippen LogP contribution < -0.4 is 9.62 Å². The minimum atomic E-state index is -4.86. The number of rotatable bonds is 10. The minimum Gasteiger partial charge on any atom is -0.354 e. The highest BCUT2D eigenvalue weighted by molar-refractivity contribution is 7.92. The topological polar surface area (TPSA) is 86.8 Å². The van der Waals surface area contributed by atoms with E-state index in [0.29, 0.717) is 27.5 Å². The molecule has 0 bridgehead atoms. The number of carbonyl (C=O) groups excluding carboxylic acids is 2. The fraction of sp³-hybridized carbons (Fsp3) is 0.417. The molecule has 0 aromatic heterocycles. The van der Waals surface area contributed by atoms with Crippen LogP contribution in [0.5, 0.6) is 0 Å². The summed E-state index contributed by atoms with van der Waals surface area (Å²) in [6, 6.07) is 5.96. The van der Waals surface area contributed by atoms with Crippen LogP contribution in [0.3, 0.4) is 0 Å². The summed E-state index contributed by atoms with van der Waals surface area (Å²) in [6.45, 7) is 4.46. The maximum Gasteiger partial charge on any atom is 0.417 e. The summed E-state index contributed by atoms with van der Waals surface area (Å²) in [4.78, 5) is 27.4. The van der Waals surface area contributed by atoms with E-state index in [-0.39, 0.29) is 17.5 Å². The molecular formula is C24H27Cl3F3N3O4S. The monoisotopic (exact) mass is 615 g/mol. The van der Waals surface area contributed by atoms with Crippen molar-refractivity contribution in [2.24, 2.45) is 5.92 Å². The minimum absolute atomic E-state index is 0.120. The molecule has 1 N–H and O–H groups in total. The van der Waals surface area contributed by atoms with Gasteiger partial charge < -0.3 is 10.2 Å². The molecule has 2 aromatic rings. The van der Waals surface area contributed by atoms with E-state index in [2.05, 4.69) is 5.32 Å². The van der Waals surface area contributed by atoms with Gasteiger partial charge in [0, 0.05) is 23.1 Å². The number of carbonyl (C=O) groups is 2. The number of anilines is 1. The number of hydrogen-bond donors (Lipinski definition) is 1. The summed E-state index contributed by atoms with van der Waals surface area (Å²) in [7, 11) is -4.24. The van der Waals surface area contributed by atoms with Gasteiger partial charge in [0.05, 0.1) is 22.5 Å². The normalized spacial score (nSPS) is 12.8. The SMILES string of the molecule is CC(C)CNC(=O)[C@H](C)N(Cc1ccc(Cl)cc1Cl)C(=O)CN(c1ccc(Cl)c(C(F)(F)F)c1)S(C)(=O)=O. The number of benzene rings is 2. The van der Waals surface area contributed by atoms with E-state index in [1.54, 1.807) is 6.07 Å². The molecule has 0 aliphatic carbocycles. The van der Waals surface area contributed by atoms with Crippen LogP contribution >= 0.6 is 34.8 Å². The molecule has 0 unspecified atom stereocenters. The molecule has 0 radical (unpaired) electrons. The Morgan fingerprint density at radius 1 is 1.00 bits per heavy atom. The first-order valence-electron chi connectivity index (χ1n) is 11.3. The molecule has 38 heavy (non-hydrogen) atoms. The first-order valence-corrected chi connectivity index (χ1v) is 14.3. The summed E-state index contributed by atoms with van der Waals surface area (Å²) < 4.78 is 66.0. The Bertz CT molecular complexity index is 1290. The van der Waals surface area contributed by atoms with Crippen molar-refractivity contribution in [1.82, 2.24) is 10.2 Å². The number of nitrogens with one attached hydrogen (secondary N) is 1. The summed E-state index contributed by atoms with van der Waals surface area (Å²) >= 11 is 17.9. The van der Waals surface area contributed by atoms with Crippen molar-refractivity contribution in [3.63, 3.8) is 0 Å². The van der Waals surface area contributed by atoms with Crippen molar-refractivity contribution < 1.29 is 31.2 Å². The number of alkyl halides is 3. The van der Waals surface area contributed by atoms with E-state index >= 15 is 0 Å². The molecule has 0 saturated carbocycles. The van der Waals surface area contributed by atoms with Gasteiger partial charge in [-0.2, -0.15) is 13.2 Å². The highest BCUT2D eigenvalue weighted by atomic mass is 35.5. The zero-order chi connectivity index (χ0) is 29.0. The van der Waals surface area contributed by atoms with E-state index in [1.807, 2.05) is 13.8 Å². The largest absolute Gasteiger partial charge is 0.417 e. The van der Waals surface area contributed by atoms with E-state index in [0.717, 1.165) is 23.3 Å². The van der Waals surface area contributed by atoms with Gasteiger partial charge in [0.25, 0.3) is 0 Å². The average molecular weight is 617 g/mol. The molecule has 0 fully saturated rings. The van der Waals surface area contributed by atoms with Crippen molar-refractivity contribution in [1.29, 1.82) is 0 Å². The number of nitrogens with zero attached hydrogens (tertiary/aromatic N) is 2. The molecule has 0 spiro atoms. The summed E-state index contributed by atoms with van der Waals surface area (Å²) in [6.07, 6.45) is -4.11. The zero-order valence-electron chi connectivity index (χ0n) is 20.9. The van der Waals surface area contributed by atoms with Crippen LogP contribution in [0, 0.1) is 5.92 Å². The summed E-state index contributed by atoms with van der Waals surface area (Å²) in [5.74, 6) is -1.24. The van der Waals surface area contributed by atoms with Crippen molar-refractivity contribution in [2.75, 3.05) is 23.7 Å². The number of halogens is 6. The van der Waals surface area contributed by atoms with Crippen LogP contribution in [0.25, 0.3) is 0 Å². The van der Waals surface area contributed by atoms with Gasteiger partial charge in [0.2, 0.25) is 21.8 Å². The second kappa shape index (κ2) is 12.8. The molecule has 2 rings (SSSR count). The first kappa shape index (κ1) is 32.0. The maximum atomic E-state index is 13.5. The number of hydrogen-bond acceptors (Lipinski definition) is 4. The number of sulfonamides is 1. The Morgan fingerprint density at radius 3 is 2.16 bits per heavy atom. The lowest BCUT2D eigenvalue weighted by Crippen LogP contribution is -2.51. The van der Waals surface area contributed by atoms with Crippen LogP contribution in [0.2, 0.25) is 15.1 Å². The first-order chi connectivity index (χ1) is 17.4. The highest BCUT2D eigenvalue weighted by Crippen LogP contribution is 2.37. The van der Waals surface area contributed by atoms with Gasteiger partial charge in [-0.05, 0) is 48.7 Å². The second-order valence-electron chi connectivity index (χ2n) is 9.00. The zero-order valence-corrected chi connectivity index (χ0v) is 24.0. The van der Waals surface area contributed by atoms with E-state index in [4.69, 9.17) is 34.8 Å². The Labute approximate surface area is 234 Å². The van der Waals surface area contributed by atoms with Gasteiger partial charge in [-0.25, -0.2) is 8.42 Å². The quantitative estimate of drug-likeness (QED) is 0.376. The molecule has 14 heteroatoms. The van der Waals surface area contributed by atoms with Crippen LogP contribution in [0.1, 0.15) is 31.9 Å². The van der Waals surface area contributed by atoms with Gasteiger partial charge in [-0.15, -0.1) is 0 Å². The third-order valence-electron chi connectivity index (χ3n) is 5.43. The fourth-order valence-corrected chi connectivity index (χ4v) is 4.90. The molecule has 0 aliphatic heterocycles. The Hall–Kier alpha value is -2.21. The molecule has 7 nitrogen and oxygen atoms in total. The van der Waals surface area contributed by atoms with Gasteiger partial charge in [0.15, 0.2) is 0 Å². The average Bonchev–Trinajstić information content (AvgIpc) is 2.79. The van der Waals surface area contributed by atoms with Crippen molar-refractivity contribution in [3.8, 4) is 0 Å². The van der Waals surface area contributed by atoms with Gasteiger partial charge >= 0.3 is 6.18 Å². The summed E-state index contributed by atoms with van der Waals surface area (Å²) in [5, 5.41) is 2.63. The molecule has 2 aromatic carbocycles. The number of amides is 2. The Balaban J connectivity index is 2.49. The molecule has 2 amide bonds. The molecular weight excluding hydrogens is 590 g/mol. The molecule has 0 saturated heterocycles. The lowest BCUT2D eigenvalue weighted by molar-refractivity contribution is -0.139. The Morgan fingerprint density at radius 2 is 1.63 bits per heavy atom. The third-order valence-corrected chi connectivity index (χ3v) is 7.49. The highest BCUT2D eigenvalue weighted by Gasteiger charge is 2.35. The van der Waals surface area contributed by atoms with Gasteiger partial charge in [-0.3, -0.25) is 13.9 Å². The Kier molecular flexibility index (Phi) is 10.7. The predicted molar refractivity (Wildman–Crippen MR) is 143 cm³/mol. The second-order valence-corrected chi connectivity index (χ2v) is 12.2. The predicted octanol–water partition coefficient (Wildman–Crippen LogP) is 5.62. The molecule has 0 heterocycles.